The smallest absolute Gasteiger partial charge is 0.124 e. The van der Waals surface area contributed by atoms with Crippen LogP contribution in [0.4, 0.5) is 34.4 Å². The normalized spacial score (nSPS) is 13.0. The number of hydrogen-bond acceptors (Lipinski definition) is 8. The van der Waals surface area contributed by atoms with Crippen molar-refractivity contribution in [1.29, 1.82) is 0 Å². The van der Waals surface area contributed by atoms with Crippen molar-refractivity contribution in [2.24, 2.45) is 0 Å². The van der Waals surface area contributed by atoms with Gasteiger partial charge in [0, 0.05) is 77.3 Å². The van der Waals surface area contributed by atoms with E-state index in [1.54, 1.807) is 0 Å². The van der Waals surface area contributed by atoms with Gasteiger partial charge in [0.2, 0.25) is 0 Å². The molecule has 392 valence electrons. The van der Waals surface area contributed by atoms with Gasteiger partial charge in [-0.2, -0.15) is 74.0 Å². The van der Waals surface area contributed by atoms with Crippen LogP contribution in [-0.2, 0) is 65.8 Å². The van der Waals surface area contributed by atoms with Gasteiger partial charge in [0.1, 0.15) is 11.6 Å². The van der Waals surface area contributed by atoms with Gasteiger partial charge in [-0.15, -0.1) is 22.8 Å². The first-order valence-electron chi connectivity index (χ1n) is 25.7. The Morgan fingerprint density at radius 3 is 1.26 bits per heavy atom. The molecule has 0 atom stereocenters. The first-order chi connectivity index (χ1) is 34.8. The van der Waals surface area contributed by atoms with Crippen molar-refractivity contribution >= 4 is 34.4 Å². The van der Waals surface area contributed by atoms with E-state index >= 15 is 0 Å². The number of pyridine rings is 2. The third kappa shape index (κ3) is 13.2. The topological polar surface area (TPSA) is 92.7 Å². The fourth-order valence-electron chi connectivity index (χ4n) is 9.65. The van der Waals surface area contributed by atoms with Crippen LogP contribution in [0.1, 0.15) is 114 Å². The summed E-state index contributed by atoms with van der Waals surface area (Å²) in [5.41, 5.74) is 16.4. The van der Waals surface area contributed by atoms with Crippen LogP contribution in [0, 0.1) is 39.3 Å². The number of rotatable bonds is 16. The van der Waals surface area contributed by atoms with Gasteiger partial charge in [-0.1, -0.05) is 117 Å². The Morgan fingerprint density at radius 2 is 0.892 bits per heavy atom. The van der Waals surface area contributed by atoms with E-state index in [-0.39, 0.29) is 53.0 Å². The summed E-state index contributed by atoms with van der Waals surface area (Å²) in [5, 5.41) is 17.9. The molecule has 0 saturated heterocycles. The van der Waals surface area contributed by atoms with Gasteiger partial charge in [-0.3, -0.25) is 0 Å². The van der Waals surface area contributed by atoms with Crippen LogP contribution in [0.15, 0.2) is 134 Å². The number of unbranched alkanes of at least 4 members (excludes halogenated alkanes) is 4. The minimum Gasteiger partial charge on any atom is -0.578 e. The summed E-state index contributed by atoms with van der Waals surface area (Å²) in [5.74, 6) is 1.93. The number of aromatic nitrogens is 6. The number of hydrogen-bond donors (Lipinski definition) is 0. The third-order valence-corrected chi connectivity index (χ3v) is 13.7. The van der Waals surface area contributed by atoms with Crippen molar-refractivity contribution in [3.05, 3.63) is 193 Å². The van der Waals surface area contributed by atoms with E-state index in [0.717, 1.165) is 122 Å². The van der Waals surface area contributed by atoms with Crippen LogP contribution in [0.2, 0.25) is 0 Å². The second-order valence-electron chi connectivity index (χ2n) is 21.0. The molecule has 4 aromatic carbocycles. The number of para-hydroxylation sites is 2. The second-order valence-corrected chi connectivity index (χ2v) is 21.0. The van der Waals surface area contributed by atoms with Gasteiger partial charge in [0.15, 0.2) is 0 Å². The Balaban J connectivity index is 0.000000211. The fourth-order valence-corrected chi connectivity index (χ4v) is 9.65. The summed E-state index contributed by atoms with van der Waals surface area (Å²) in [7, 11) is 0. The van der Waals surface area contributed by atoms with Gasteiger partial charge < -0.3 is 40.0 Å². The number of nitrogens with zero attached hydrogens (tertiary/aromatic N) is 10. The van der Waals surface area contributed by atoms with Crippen molar-refractivity contribution < 1.29 is 42.1 Å². The minimum absolute atomic E-state index is 0. The zero-order valence-electron chi connectivity index (χ0n) is 44.0. The molecule has 0 fully saturated rings. The molecular formula is C62H68N10Pt2-6. The van der Waals surface area contributed by atoms with Gasteiger partial charge in [0.25, 0.3) is 0 Å². The SMILES string of the molecule is Cc1[n-]nc(CCCCCN2[CH-]N(c3[c-]cccc3)c3ncccc32)c1-c1ccc(C(C)(C)C)cc1.Cc1[n-]nc(CCCCCN2[CH-]N(c3[c-]cccc3)c3ncccc32)c1-c1ccc(C(C)(C)C)cc1.[Pt].[Pt]. The minimum atomic E-state index is 0. The molecule has 12 heteroatoms. The quantitative estimate of drug-likeness (QED) is 0.0688. The molecule has 74 heavy (non-hydrogen) atoms. The Kier molecular flexibility index (Phi) is 19.0. The number of aryl methyl sites for hydroxylation is 4. The van der Waals surface area contributed by atoms with E-state index in [9.17, 15) is 0 Å². The standard InChI is InChI=1S/2C31H34N5.2Pt/c2*1-23-29(24-16-18-25(19-17-24)31(2,3)4)27(34-33-23)14-9-6-10-21-35-22-36(26-12-7-5-8-13-26)30-28(35)15-11-20-32-30;;/h2*5,7-8,11-12,15-20,22H,6,9-10,14,21H2,1-4H3;;/q2*-3;;. The average Bonchev–Trinajstić information content (AvgIpc) is 4.17. The van der Waals surface area contributed by atoms with Crippen LogP contribution in [0.3, 0.4) is 0 Å². The van der Waals surface area contributed by atoms with E-state index in [1.807, 2.05) is 60.9 Å². The summed E-state index contributed by atoms with van der Waals surface area (Å²) in [4.78, 5) is 18.1. The van der Waals surface area contributed by atoms with Gasteiger partial charge in [0.05, 0.1) is 0 Å². The zero-order valence-corrected chi connectivity index (χ0v) is 48.6. The molecule has 0 radical (unpaired) electrons. The monoisotopic (exact) mass is 1340 g/mol. The molecule has 0 bridgehead atoms. The van der Waals surface area contributed by atoms with Crippen LogP contribution in [-0.4, -0.2) is 33.3 Å². The van der Waals surface area contributed by atoms with Crippen molar-refractivity contribution in [2.75, 3.05) is 32.7 Å². The van der Waals surface area contributed by atoms with Crippen LogP contribution < -0.4 is 29.8 Å². The molecule has 0 amide bonds. The summed E-state index contributed by atoms with van der Waals surface area (Å²) in [6.45, 7) is 23.8. The molecule has 8 aromatic rings. The van der Waals surface area contributed by atoms with E-state index in [2.05, 4.69) is 204 Å². The first-order valence-corrected chi connectivity index (χ1v) is 25.7. The molecule has 0 saturated carbocycles. The van der Waals surface area contributed by atoms with E-state index < -0.39 is 0 Å². The predicted octanol–water partition coefficient (Wildman–Crippen LogP) is 14.0. The summed E-state index contributed by atoms with van der Waals surface area (Å²) in [6.07, 6.45) is 12.2. The predicted molar refractivity (Wildman–Crippen MR) is 295 cm³/mol. The summed E-state index contributed by atoms with van der Waals surface area (Å²) >= 11 is 0. The summed E-state index contributed by atoms with van der Waals surface area (Å²) < 4.78 is 0. The maximum absolute atomic E-state index is 4.63. The second kappa shape index (κ2) is 25.1. The maximum Gasteiger partial charge on any atom is 0.124 e. The van der Waals surface area contributed by atoms with Crippen molar-refractivity contribution in [2.45, 2.75) is 118 Å². The van der Waals surface area contributed by atoms with Crippen molar-refractivity contribution in [3.63, 3.8) is 0 Å². The first kappa shape index (κ1) is 55.9. The maximum atomic E-state index is 4.63. The number of fused-ring (bicyclic) bond motifs is 2. The van der Waals surface area contributed by atoms with E-state index in [4.69, 9.17) is 0 Å². The largest absolute Gasteiger partial charge is 0.578 e. The molecule has 0 unspecified atom stereocenters. The zero-order chi connectivity index (χ0) is 50.2. The van der Waals surface area contributed by atoms with Gasteiger partial charge in [-0.05, 0) is 120 Å². The molecule has 4 aromatic heterocycles. The number of benzene rings is 4. The van der Waals surface area contributed by atoms with Crippen molar-refractivity contribution in [1.82, 2.24) is 30.4 Å². The summed E-state index contributed by atoms with van der Waals surface area (Å²) in [6, 6.07) is 48.8. The Labute approximate surface area is 469 Å². The molecule has 0 N–H and O–H groups in total. The van der Waals surface area contributed by atoms with Crippen molar-refractivity contribution in [3.8, 4) is 22.3 Å². The number of anilines is 6. The fraction of sp³-hybridized carbons (Fsp3) is 0.323. The Morgan fingerprint density at radius 1 is 0.486 bits per heavy atom. The van der Waals surface area contributed by atoms with E-state index in [1.165, 1.54) is 33.4 Å². The molecule has 10 nitrogen and oxygen atoms in total. The van der Waals surface area contributed by atoms with E-state index in [0.29, 0.717) is 0 Å². The molecule has 2 aliphatic heterocycles. The molecule has 2 aliphatic rings. The Hall–Kier alpha value is -5.82. The average molecular weight is 1340 g/mol. The van der Waals surface area contributed by atoms with Crippen LogP contribution >= 0.6 is 0 Å². The molecule has 10 rings (SSSR count). The molecule has 6 heterocycles. The molecule has 0 aliphatic carbocycles. The Bertz CT molecular complexity index is 2790. The molecule has 0 spiro atoms. The van der Waals surface area contributed by atoms with Crippen LogP contribution in [0.5, 0.6) is 0 Å². The third-order valence-electron chi connectivity index (χ3n) is 13.7. The van der Waals surface area contributed by atoms with Crippen LogP contribution in [0.25, 0.3) is 22.3 Å². The van der Waals surface area contributed by atoms with Gasteiger partial charge in [-0.25, -0.2) is 9.97 Å². The molecular weight excluding hydrogens is 1270 g/mol. The van der Waals surface area contributed by atoms with Gasteiger partial charge >= 0.3 is 0 Å².